The third-order valence-corrected chi connectivity index (χ3v) is 3.50. The highest BCUT2D eigenvalue weighted by Gasteiger charge is 2.26. The SMILES string of the molecule is CCCNC(=O)CN(C)C(=O)CN(CCC)C1CNC1. The Balaban J connectivity index is 2.36. The van der Waals surface area contributed by atoms with E-state index in [0.717, 1.165) is 32.5 Å². The van der Waals surface area contributed by atoms with Crippen molar-refractivity contribution in [3.63, 3.8) is 0 Å². The van der Waals surface area contributed by atoms with E-state index >= 15 is 0 Å². The Morgan fingerprint density at radius 3 is 2.40 bits per heavy atom. The number of nitrogens with zero attached hydrogens (tertiary/aromatic N) is 2. The first kappa shape index (κ1) is 16.9. The van der Waals surface area contributed by atoms with Crippen LogP contribution in [0.3, 0.4) is 0 Å². The van der Waals surface area contributed by atoms with Crippen LogP contribution in [0.2, 0.25) is 0 Å². The third kappa shape index (κ3) is 5.46. The van der Waals surface area contributed by atoms with Crippen LogP contribution in [0.1, 0.15) is 26.7 Å². The highest BCUT2D eigenvalue weighted by atomic mass is 16.2. The predicted octanol–water partition coefficient (Wildman–Crippen LogP) is -0.345. The highest BCUT2D eigenvalue weighted by molar-refractivity contribution is 5.85. The normalized spacial score (nSPS) is 15.0. The van der Waals surface area contributed by atoms with E-state index in [1.807, 2.05) is 6.92 Å². The fourth-order valence-corrected chi connectivity index (χ4v) is 2.13. The maximum Gasteiger partial charge on any atom is 0.239 e. The average molecular weight is 284 g/mol. The van der Waals surface area contributed by atoms with E-state index in [0.29, 0.717) is 19.1 Å². The lowest BCUT2D eigenvalue weighted by atomic mass is 10.1. The molecular formula is C14H28N4O2. The lowest BCUT2D eigenvalue weighted by Gasteiger charge is -2.38. The number of carbonyl (C=O) groups excluding carboxylic acids is 2. The Bertz CT molecular complexity index is 318. The van der Waals surface area contributed by atoms with Gasteiger partial charge in [-0.2, -0.15) is 0 Å². The molecule has 0 radical (unpaired) electrons. The molecule has 0 spiro atoms. The number of hydrogen-bond acceptors (Lipinski definition) is 4. The Labute approximate surface area is 121 Å². The number of amides is 2. The molecule has 0 aromatic heterocycles. The van der Waals surface area contributed by atoms with Crippen LogP contribution >= 0.6 is 0 Å². The van der Waals surface area contributed by atoms with Gasteiger partial charge in [-0.3, -0.25) is 14.5 Å². The van der Waals surface area contributed by atoms with Crippen molar-refractivity contribution in [3.05, 3.63) is 0 Å². The van der Waals surface area contributed by atoms with E-state index in [2.05, 4.69) is 22.5 Å². The van der Waals surface area contributed by atoms with E-state index in [9.17, 15) is 9.59 Å². The van der Waals surface area contributed by atoms with Crippen LogP contribution in [0.5, 0.6) is 0 Å². The minimum Gasteiger partial charge on any atom is -0.355 e. The summed E-state index contributed by atoms with van der Waals surface area (Å²) in [6.07, 6.45) is 1.94. The summed E-state index contributed by atoms with van der Waals surface area (Å²) in [7, 11) is 1.69. The van der Waals surface area contributed by atoms with Crippen LogP contribution in [-0.4, -0.2) is 74.0 Å². The molecule has 0 unspecified atom stereocenters. The summed E-state index contributed by atoms with van der Waals surface area (Å²) in [5.74, 6) is -0.0768. The molecular weight excluding hydrogens is 256 g/mol. The van der Waals surface area contributed by atoms with Gasteiger partial charge in [-0.15, -0.1) is 0 Å². The molecule has 1 aliphatic heterocycles. The zero-order valence-corrected chi connectivity index (χ0v) is 12.9. The zero-order valence-electron chi connectivity index (χ0n) is 12.9. The molecule has 0 saturated carbocycles. The molecule has 1 saturated heterocycles. The van der Waals surface area contributed by atoms with Gasteiger partial charge in [-0.05, 0) is 19.4 Å². The summed E-state index contributed by atoms with van der Waals surface area (Å²) in [5.41, 5.74) is 0. The Morgan fingerprint density at radius 1 is 1.20 bits per heavy atom. The summed E-state index contributed by atoms with van der Waals surface area (Å²) in [6, 6.07) is 0.459. The molecule has 0 bridgehead atoms. The van der Waals surface area contributed by atoms with Crippen molar-refractivity contribution in [2.75, 3.05) is 46.3 Å². The second kappa shape index (κ2) is 8.92. The van der Waals surface area contributed by atoms with E-state index < -0.39 is 0 Å². The Hall–Kier alpha value is -1.14. The van der Waals surface area contributed by atoms with Crippen LogP contribution in [0.4, 0.5) is 0 Å². The van der Waals surface area contributed by atoms with Crippen molar-refractivity contribution in [3.8, 4) is 0 Å². The van der Waals surface area contributed by atoms with Gasteiger partial charge in [0, 0.05) is 32.7 Å². The molecule has 0 aromatic rings. The Kier molecular flexibility index (Phi) is 7.54. The molecule has 20 heavy (non-hydrogen) atoms. The molecule has 0 aliphatic carbocycles. The van der Waals surface area contributed by atoms with E-state index in [1.54, 1.807) is 7.05 Å². The number of nitrogens with one attached hydrogen (secondary N) is 2. The molecule has 6 nitrogen and oxygen atoms in total. The smallest absolute Gasteiger partial charge is 0.239 e. The summed E-state index contributed by atoms with van der Waals surface area (Å²) < 4.78 is 0. The van der Waals surface area contributed by atoms with Gasteiger partial charge in [0.1, 0.15) is 0 Å². The molecule has 0 aromatic carbocycles. The van der Waals surface area contributed by atoms with E-state index in [-0.39, 0.29) is 18.4 Å². The maximum atomic E-state index is 12.2. The van der Waals surface area contributed by atoms with Crippen LogP contribution in [0, 0.1) is 0 Å². The summed E-state index contributed by atoms with van der Waals surface area (Å²) in [6.45, 7) is 8.15. The van der Waals surface area contributed by atoms with Gasteiger partial charge in [0.15, 0.2) is 0 Å². The minimum atomic E-state index is -0.0879. The van der Waals surface area contributed by atoms with Gasteiger partial charge >= 0.3 is 0 Å². The zero-order chi connectivity index (χ0) is 15.0. The molecule has 6 heteroatoms. The molecule has 2 amide bonds. The van der Waals surface area contributed by atoms with Crippen LogP contribution in [0.25, 0.3) is 0 Å². The molecule has 1 heterocycles. The van der Waals surface area contributed by atoms with Gasteiger partial charge in [0.05, 0.1) is 13.1 Å². The average Bonchev–Trinajstić information content (AvgIpc) is 2.34. The quantitative estimate of drug-likeness (QED) is 0.608. The summed E-state index contributed by atoms with van der Waals surface area (Å²) in [5, 5.41) is 6.01. The number of carbonyl (C=O) groups is 2. The first-order valence-corrected chi connectivity index (χ1v) is 7.53. The van der Waals surface area contributed by atoms with Crippen molar-refractivity contribution in [1.29, 1.82) is 0 Å². The van der Waals surface area contributed by atoms with Crippen molar-refractivity contribution < 1.29 is 9.59 Å². The van der Waals surface area contributed by atoms with Gasteiger partial charge in [-0.1, -0.05) is 13.8 Å². The maximum absolute atomic E-state index is 12.2. The summed E-state index contributed by atoms with van der Waals surface area (Å²) >= 11 is 0. The molecule has 1 rings (SSSR count). The number of rotatable bonds is 9. The second-order valence-corrected chi connectivity index (χ2v) is 5.38. The monoisotopic (exact) mass is 284 g/mol. The lowest BCUT2D eigenvalue weighted by molar-refractivity contribution is -0.136. The summed E-state index contributed by atoms with van der Waals surface area (Å²) in [4.78, 5) is 27.5. The number of hydrogen-bond donors (Lipinski definition) is 2. The van der Waals surface area contributed by atoms with Crippen LogP contribution < -0.4 is 10.6 Å². The van der Waals surface area contributed by atoms with Crippen LogP contribution in [0.15, 0.2) is 0 Å². The predicted molar refractivity (Wildman–Crippen MR) is 79.5 cm³/mol. The number of likely N-dealkylation sites (N-methyl/N-ethyl adjacent to an activating group) is 1. The molecule has 0 atom stereocenters. The van der Waals surface area contributed by atoms with E-state index in [1.165, 1.54) is 4.90 Å². The highest BCUT2D eigenvalue weighted by Crippen LogP contribution is 2.06. The fraction of sp³-hybridized carbons (Fsp3) is 0.857. The van der Waals surface area contributed by atoms with Crippen LogP contribution in [-0.2, 0) is 9.59 Å². The minimum absolute atomic E-state index is 0.0111. The van der Waals surface area contributed by atoms with Gasteiger partial charge in [-0.25, -0.2) is 0 Å². The van der Waals surface area contributed by atoms with Crippen molar-refractivity contribution in [2.45, 2.75) is 32.7 Å². The van der Waals surface area contributed by atoms with Gasteiger partial charge in [0.2, 0.25) is 11.8 Å². The fourth-order valence-electron chi connectivity index (χ4n) is 2.13. The standard InChI is InChI=1S/C14H28N4O2/c1-4-6-16-13(19)10-17(3)14(20)11-18(7-5-2)12-8-15-9-12/h12,15H,4-11H2,1-3H3,(H,16,19). The first-order chi connectivity index (χ1) is 9.58. The molecule has 1 aliphatic rings. The molecule has 1 fully saturated rings. The third-order valence-electron chi connectivity index (χ3n) is 3.50. The van der Waals surface area contributed by atoms with Gasteiger partial charge < -0.3 is 15.5 Å². The largest absolute Gasteiger partial charge is 0.355 e. The van der Waals surface area contributed by atoms with Crippen molar-refractivity contribution >= 4 is 11.8 Å². The topological polar surface area (TPSA) is 64.7 Å². The first-order valence-electron chi connectivity index (χ1n) is 7.53. The van der Waals surface area contributed by atoms with E-state index in [4.69, 9.17) is 0 Å². The van der Waals surface area contributed by atoms with Crippen molar-refractivity contribution in [2.24, 2.45) is 0 Å². The Morgan fingerprint density at radius 2 is 1.90 bits per heavy atom. The molecule has 2 N–H and O–H groups in total. The van der Waals surface area contributed by atoms with Gasteiger partial charge in [0.25, 0.3) is 0 Å². The lowest BCUT2D eigenvalue weighted by Crippen LogP contribution is -2.59. The molecule has 116 valence electrons. The second-order valence-electron chi connectivity index (χ2n) is 5.38. The van der Waals surface area contributed by atoms with Crippen molar-refractivity contribution in [1.82, 2.24) is 20.4 Å².